The number of nitrogens with zero attached hydrogens (tertiary/aromatic N) is 3. The van der Waals surface area contributed by atoms with Crippen molar-refractivity contribution in [1.82, 2.24) is 4.98 Å². The Morgan fingerprint density at radius 3 is 3.00 bits per heavy atom. The van der Waals surface area contributed by atoms with E-state index in [2.05, 4.69) is 4.98 Å². The van der Waals surface area contributed by atoms with Crippen LogP contribution >= 0.6 is 0 Å². The number of carbonyl (C=O) groups excluding carboxylic acids is 1. The third-order valence-electron chi connectivity index (χ3n) is 2.12. The van der Waals surface area contributed by atoms with Gasteiger partial charge in [0.1, 0.15) is 5.52 Å². The molecule has 0 saturated carbocycles. The van der Waals surface area contributed by atoms with Crippen LogP contribution in [0.4, 0.5) is 6.01 Å². The smallest absolute Gasteiger partial charge is 0.305 e. The molecule has 0 saturated heterocycles. The summed E-state index contributed by atoms with van der Waals surface area (Å²) < 4.78 is 5.39. The molecule has 2 rings (SSSR count). The first-order chi connectivity index (χ1) is 7.85. The lowest BCUT2D eigenvalue weighted by molar-refractivity contribution is -0.107. The first-order valence-electron chi connectivity index (χ1n) is 4.79. The second-order valence-corrected chi connectivity index (χ2v) is 3.17. The fourth-order valence-electron chi connectivity index (χ4n) is 1.35. The van der Waals surface area contributed by atoms with Crippen molar-refractivity contribution in [2.75, 3.05) is 11.4 Å². The fourth-order valence-corrected chi connectivity index (χ4v) is 1.35. The van der Waals surface area contributed by atoms with E-state index in [9.17, 15) is 4.79 Å². The monoisotopic (exact) mass is 215 g/mol. The molecule has 16 heavy (non-hydrogen) atoms. The SMILES string of the molecule is N#CCCN(C=O)c1nc2ccccc2o1. The molecule has 0 aliphatic heterocycles. The minimum atomic E-state index is 0.228. The Morgan fingerprint density at radius 2 is 2.31 bits per heavy atom. The van der Waals surface area contributed by atoms with Gasteiger partial charge >= 0.3 is 6.01 Å². The van der Waals surface area contributed by atoms with Gasteiger partial charge in [-0.25, -0.2) is 0 Å². The maximum Gasteiger partial charge on any atom is 0.305 e. The van der Waals surface area contributed by atoms with Crippen LogP contribution in [-0.2, 0) is 4.79 Å². The number of nitriles is 1. The van der Waals surface area contributed by atoms with Crippen molar-refractivity contribution in [2.24, 2.45) is 0 Å². The van der Waals surface area contributed by atoms with Gasteiger partial charge in [-0.2, -0.15) is 10.2 Å². The summed E-state index contributed by atoms with van der Waals surface area (Å²) in [6.45, 7) is 0.285. The molecule has 1 heterocycles. The van der Waals surface area contributed by atoms with Crippen LogP contribution < -0.4 is 4.90 Å². The van der Waals surface area contributed by atoms with Crippen LogP contribution in [0.15, 0.2) is 28.7 Å². The Hall–Kier alpha value is -2.35. The average Bonchev–Trinajstić information content (AvgIpc) is 2.73. The van der Waals surface area contributed by atoms with E-state index in [1.165, 1.54) is 4.90 Å². The van der Waals surface area contributed by atoms with E-state index in [0.717, 1.165) is 0 Å². The highest BCUT2D eigenvalue weighted by Crippen LogP contribution is 2.20. The van der Waals surface area contributed by atoms with E-state index in [4.69, 9.17) is 9.68 Å². The fraction of sp³-hybridized carbons (Fsp3) is 0.182. The Morgan fingerprint density at radius 1 is 1.50 bits per heavy atom. The highest BCUT2D eigenvalue weighted by Gasteiger charge is 2.12. The van der Waals surface area contributed by atoms with Gasteiger partial charge < -0.3 is 4.42 Å². The molecule has 0 atom stereocenters. The van der Waals surface area contributed by atoms with Gasteiger partial charge in [0, 0.05) is 6.54 Å². The summed E-state index contributed by atoms with van der Waals surface area (Å²) in [5, 5.41) is 8.45. The van der Waals surface area contributed by atoms with Gasteiger partial charge in [0.2, 0.25) is 6.41 Å². The van der Waals surface area contributed by atoms with Gasteiger partial charge in [0.15, 0.2) is 5.58 Å². The van der Waals surface area contributed by atoms with Gasteiger partial charge in [-0.1, -0.05) is 12.1 Å². The van der Waals surface area contributed by atoms with E-state index >= 15 is 0 Å². The largest absolute Gasteiger partial charge is 0.423 e. The molecule has 0 fully saturated rings. The number of hydrogen-bond acceptors (Lipinski definition) is 4. The molecule has 2 aromatic rings. The summed E-state index contributed by atoms with van der Waals surface area (Å²) in [4.78, 5) is 16.2. The molecule has 1 amide bonds. The molecule has 80 valence electrons. The number of fused-ring (bicyclic) bond motifs is 1. The summed E-state index contributed by atoms with van der Waals surface area (Å²) in [6.07, 6.45) is 0.861. The molecule has 0 radical (unpaired) electrons. The van der Waals surface area contributed by atoms with Gasteiger partial charge in [-0.15, -0.1) is 0 Å². The lowest BCUT2D eigenvalue weighted by Gasteiger charge is -2.08. The Balaban J connectivity index is 2.31. The standard InChI is InChI=1S/C11H9N3O2/c12-6-3-7-14(8-15)11-13-9-4-1-2-5-10(9)16-11/h1-2,4-5,8H,3,7H2. The Kier molecular flexibility index (Phi) is 2.83. The zero-order valence-electron chi connectivity index (χ0n) is 8.46. The number of oxazole rings is 1. The maximum absolute atomic E-state index is 10.8. The highest BCUT2D eigenvalue weighted by atomic mass is 16.4. The Bertz CT molecular complexity index is 508. The van der Waals surface area contributed by atoms with Crippen molar-refractivity contribution < 1.29 is 9.21 Å². The molecule has 0 unspecified atom stereocenters. The molecule has 0 N–H and O–H groups in total. The number of benzene rings is 1. The van der Waals surface area contributed by atoms with Gasteiger partial charge in [-0.05, 0) is 12.1 Å². The first-order valence-corrected chi connectivity index (χ1v) is 4.79. The molecular formula is C11H9N3O2. The number of carbonyl (C=O) groups is 1. The van der Waals surface area contributed by atoms with Gasteiger partial charge in [-0.3, -0.25) is 9.69 Å². The third-order valence-corrected chi connectivity index (χ3v) is 2.12. The van der Waals surface area contributed by atoms with Gasteiger partial charge in [0.05, 0.1) is 12.5 Å². The van der Waals surface area contributed by atoms with Crippen molar-refractivity contribution in [3.63, 3.8) is 0 Å². The van der Waals surface area contributed by atoms with E-state index in [1.54, 1.807) is 12.1 Å². The molecule has 0 aliphatic rings. The van der Waals surface area contributed by atoms with E-state index in [0.29, 0.717) is 17.5 Å². The van der Waals surface area contributed by atoms with Crippen molar-refractivity contribution >= 4 is 23.5 Å². The lowest BCUT2D eigenvalue weighted by atomic mass is 10.3. The van der Waals surface area contributed by atoms with Crippen molar-refractivity contribution in [3.05, 3.63) is 24.3 Å². The minimum Gasteiger partial charge on any atom is -0.423 e. The molecule has 5 nitrogen and oxygen atoms in total. The molecule has 0 aliphatic carbocycles. The predicted octanol–water partition coefficient (Wildman–Crippen LogP) is 1.70. The summed E-state index contributed by atoms with van der Waals surface area (Å²) in [7, 11) is 0. The number of aromatic nitrogens is 1. The molecule has 0 spiro atoms. The number of anilines is 1. The minimum absolute atomic E-state index is 0.228. The lowest BCUT2D eigenvalue weighted by Crippen LogP contribution is -2.22. The van der Waals surface area contributed by atoms with Crippen LogP contribution in [0.2, 0.25) is 0 Å². The van der Waals surface area contributed by atoms with Crippen molar-refractivity contribution in [2.45, 2.75) is 6.42 Å². The average molecular weight is 215 g/mol. The number of hydrogen-bond donors (Lipinski definition) is 0. The predicted molar refractivity (Wildman–Crippen MR) is 57.6 cm³/mol. The van der Waals surface area contributed by atoms with Crippen molar-refractivity contribution in [3.8, 4) is 6.07 Å². The zero-order valence-corrected chi connectivity index (χ0v) is 8.46. The van der Waals surface area contributed by atoms with Crippen molar-refractivity contribution in [1.29, 1.82) is 5.26 Å². The van der Waals surface area contributed by atoms with Crippen LogP contribution in [0.5, 0.6) is 0 Å². The highest BCUT2D eigenvalue weighted by molar-refractivity contribution is 5.78. The van der Waals surface area contributed by atoms with Crippen LogP contribution in [0.3, 0.4) is 0 Å². The van der Waals surface area contributed by atoms with Crippen LogP contribution in [0, 0.1) is 11.3 Å². The second kappa shape index (κ2) is 4.45. The topological polar surface area (TPSA) is 70.1 Å². The van der Waals surface area contributed by atoms with E-state index in [1.807, 2.05) is 18.2 Å². The van der Waals surface area contributed by atoms with E-state index < -0.39 is 0 Å². The van der Waals surface area contributed by atoms with Crippen LogP contribution in [0.1, 0.15) is 6.42 Å². The molecule has 1 aromatic carbocycles. The molecule has 0 bridgehead atoms. The molecular weight excluding hydrogens is 206 g/mol. The molecule has 1 aromatic heterocycles. The van der Waals surface area contributed by atoms with E-state index in [-0.39, 0.29) is 19.0 Å². The third kappa shape index (κ3) is 1.86. The maximum atomic E-state index is 10.8. The summed E-state index contributed by atoms with van der Waals surface area (Å²) in [5.74, 6) is 0. The first kappa shape index (κ1) is 10.2. The summed E-state index contributed by atoms with van der Waals surface area (Å²) in [6, 6.07) is 9.45. The number of amides is 1. The molecule has 5 heteroatoms. The van der Waals surface area contributed by atoms with Gasteiger partial charge in [0.25, 0.3) is 0 Å². The number of rotatable bonds is 4. The summed E-state index contributed by atoms with van der Waals surface area (Å²) >= 11 is 0. The second-order valence-electron chi connectivity index (χ2n) is 3.17. The number of para-hydroxylation sites is 2. The zero-order chi connectivity index (χ0) is 11.4. The Labute approximate surface area is 91.9 Å². The normalized spacial score (nSPS) is 9.94. The summed E-state index contributed by atoms with van der Waals surface area (Å²) in [5.41, 5.74) is 1.32. The quantitative estimate of drug-likeness (QED) is 0.728. The van der Waals surface area contributed by atoms with Crippen LogP contribution in [0.25, 0.3) is 11.1 Å². The van der Waals surface area contributed by atoms with Crippen LogP contribution in [-0.4, -0.2) is 17.9 Å².